The highest BCUT2D eigenvalue weighted by molar-refractivity contribution is 4.98. The fraction of sp³-hybridized carbons (Fsp3) is 0.800. The maximum Gasteiger partial charge on any atom is -0.0263 e. The van der Waals surface area contributed by atoms with Gasteiger partial charge in [-0.3, -0.25) is 0 Å². The molecule has 0 aliphatic carbocycles. The molecule has 0 bridgehead atoms. The molecule has 0 rings (SSSR count). The minimum atomic E-state index is 0.661. The molecule has 0 spiro atoms. The van der Waals surface area contributed by atoms with Gasteiger partial charge in [-0.1, -0.05) is 46.3 Å². The SMILES string of the molecule is C=C(CC(C)CC)C(C)C. The molecule has 0 heterocycles. The highest BCUT2D eigenvalue weighted by atomic mass is 14.1. The summed E-state index contributed by atoms with van der Waals surface area (Å²) in [5, 5.41) is 0. The largest absolute Gasteiger partial charge is 0.0996 e. The van der Waals surface area contributed by atoms with Crippen LogP contribution in [0.15, 0.2) is 12.2 Å². The average Bonchev–Trinajstić information content (AvgIpc) is 1.87. The zero-order chi connectivity index (χ0) is 8.15. The third-order valence-corrected chi connectivity index (χ3v) is 2.12. The van der Waals surface area contributed by atoms with Gasteiger partial charge < -0.3 is 0 Å². The summed E-state index contributed by atoms with van der Waals surface area (Å²) in [5.41, 5.74) is 1.40. The lowest BCUT2D eigenvalue weighted by molar-refractivity contribution is 0.528. The Morgan fingerprint density at radius 3 is 2.10 bits per heavy atom. The predicted molar refractivity (Wildman–Crippen MR) is 48.1 cm³/mol. The van der Waals surface area contributed by atoms with Gasteiger partial charge in [-0.15, -0.1) is 0 Å². The van der Waals surface area contributed by atoms with Crippen molar-refractivity contribution >= 4 is 0 Å². The van der Waals surface area contributed by atoms with Crippen LogP contribution in [0.25, 0.3) is 0 Å². The molecule has 0 saturated heterocycles. The van der Waals surface area contributed by atoms with Crippen molar-refractivity contribution in [1.29, 1.82) is 0 Å². The number of rotatable bonds is 4. The summed E-state index contributed by atoms with van der Waals surface area (Å²) in [6.45, 7) is 13.0. The summed E-state index contributed by atoms with van der Waals surface area (Å²) >= 11 is 0. The Balaban J connectivity index is 3.57. The first-order valence-corrected chi connectivity index (χ1v) is 4.25. The van der Waals surface area contributed by atoms with Gasteiger partial charge in [0, 0.05) is 0 Å². The molecule has 1 atom stereocenters. The molecule has 1 unspecified atom stereocenters. The minimum absolute atomic E-state index is 0.661. The molecule has 0 heteroatoms. The van der Waals surface area contributed by atoms with Gasteiger partial charge in [-0.2, -0.15) is 0 Å². The van der Waals surface area contributed by atoms with Crippen LogP contribution in [0, 0.1) is 11.8 Å². The van der Waals surface area contributed by atoms with E-state index in [9.17, 15) is 0 Å². The van der Waals surface area contributed by atoms with Gasteiger partial charge in [0.05, 0.1) is 0 Å². The van der Waals surface area contributed by atoms with E-state index in [0.717, 1.165) is 5.92 Å². The van der Waals surface area contributed by atoms with Crippen molar-refractivity contribution in [3.63, 3.8) is 0 Å². The van der Waals surface area contributed by atoms with E-state index in [1.165, 1.54) is 18.4 Å². The monoisotopic (exact) mass is 140 g/mol. The van der Waals surface area contributed by atoms with Crippen molar-refractivity contribution < 1.29 is 0 Å². The van der Waals surface area contributed by atoms with Crippen molar-refractivity contribution in [3.8, 4) is 0 Å². The third kappa shape index (κ3) is 3.71. The fourth-order valence-corrected chi connectivity index (χ4v) is 0.828. The summed E-state index contributed by atoms with van der Waals surface area (Å²) in [6.07, 6.45) is 2.47. The summed E-state index contributed by atoms with van der Waals surface area (Å²) < 4.78 is 0. The van der Waals surface area contributed by atoms with E-state index in [1.807, 2.05) is 0 Å². The Labute approximate surface area is 65.3 Å². The lowest BCUT2D eigenvalue weighted by Crippen LogP contribution is -1.99. The lowest BCUT2D eigenvalue weighted by Gasteiger charge is -2.13. The van der Waals surface area contributed by atoms with Gasteiger partial charge in [-0.05, 0) is 18.3 Å². The van der Waals surface area contributed by atoms with Crippen molar-refractivity contribution in [2.45, 2.75) is 40.5 Å². The van der Waals surface area contributed by atoms with Crippen LogP contribution >= 0.6 is 0 Å². The molecule has 0 saturated carbocycles. The molecule has 0 radical (unpaired) electrons. The van der Waals surface area contributed by atoms with Crippen LogP contribution in [-0.4, -0.2) is 0 Å². The molecule has 0 amide bonds. The van der Waals surface area contributed by atoms with E-state index in [0.29, 0.717) is 5.92 Å². The molecule has 0 aromatic heterocycles. The molecule has 0 aliphatic rings. The fourth-order valence-electron chi connectivity index (χ4n) is 0.828. The zero-order valence-corrected chi connectivity index (χ0v) is 7.78. The molecule has 0 fully saturated rings. The molecule has 10 heavy (non-hydrogen) atoms. The van der Waals surface area contributed by atoms with Crippen LogP contribution in [0.2, 0.25) is 0 Å². The van der Waals surface area contributed by atoms with Gasteiger partial charge >= 0.3 is 0 Å². The molecule has 0 nitrogen and oxygen atoms in total. The topological polar surface area (TPSA) is 0 Å². The van der Waals surface area contributed by atoms with Crippen LogP contribution in [0.5, 0.6) is 0 Å². The Morgan fingerprint density at radius 1 is 1.30 bits per heavy atom. The Morgan fingerprint density at radius 2 is 1.80 bits per heavy atom. The molecule has 0 N–H and O–H groups in total. The van der Waals surface area contributed by atoms with Gasteiger partial charge in [0.1, 0.15) is 0 Å². The van der Waals surface area contributed by atoms with E-state index in [1.54, 1.807) is 0 Å². The molecule has 0 aromatic carbocycles. The highest BCUT2D eigenvalue weighted by Gasteiger charge is 2.04. The smallest absolute Gasteiger partial charge is 0.0263 e. The van der Waals surface area contributed by atoms with Gasteiger partial charge in [0.25, 0.3) is 0 Å². The summed E-state index contributed by atoms with van der Waals surface area (Å²) in [6, 6.07) is 0. The maximum absolute atomic E-state index is 4.04. The van der Waals surface area contributed by atoms with Crippen molar-refractivity contribution in [2.75, 3.05) is 0 Å². The second kappa shape index (κ2) is 4.54. The second-order valence-electron chi connectivity index (χ2n) is 3.53. The number of hydrogen-bond acceptors (Lipinski definition) is 0. The van der Waals surface area contributed by atoms with Crippen LogP contribution in [0.4, 0.5) is 0 Å². The van der Waals surface area contributed by atoms with E-state index in [4.69, 9.17) is 0 Å². The first kappa shape index (κ1) is 9.74. The van der Waals surface area contributed by atoms with Crippen molar-refractivity contribution in [3.05, 3.63) is 12.2 Å². The van der Waals surface area contributed by atoms with Crippen molar-refractivity contribution in [2.24, 2.45) is 11.8 Å². The average molecular weight is 140 g/mol. The summed E-state index contributed by atoms with van der Waals surface area (Å²) in [4.78, 5) is 0. The predicted octanol–water partition coefficient (Wildman–Crippen LogP) is 3.63. The van der Waals surface area contributed by atoms with Crippen LogP contribution in [-0.2, 0) is 0 Å². The van der Waals surface area contributed by atoms with Crippen LogP contribution in [0.3, 0.4) is 0 Å². The van der Waals surface area contributed by atoms with Gasteiger partial charge in [-0.25, -0.2) is 0 Å². The molecular weight excluding hydrogens is 120 g/mol. The van der Waals surface area contributed by atoms with E-state index < -0.39 is 0 Å². The number of allylic oxidation sites excluding steroid dienone is 1. The minimum Gasteiger partial charge on any atom is -0.0996 e. The molecule has 0 aromatic rings. The lowest BCUT2D eigenvalue weighted by atomic mass is 9.93. The van der Waals surface area contributed by atoms with Gasteiger partial charge in [0.2, 0.25) is 0 Å². The maximum atomic E-state index is 4.04. The summed E-state index contributed by atoms with van der Waals surface area (Å²) in [5.74, 6) is 1.48. The first-order chi connectivity index (χ1) is 4.57. The summed E-state index contributed by atoms with van der Waals surface area (Å²) in [7, 11) is 0. The van der Waals surface area contributed by atoms with Crippen LogP contribution < -0.4 is 0 Å². The molecule has 0 aliphatic heterocycles. The standard InChI is InChI=1S/C10H20/c1-6-9(4)7-10(5)8(2)3/h8-9H,5-7H2,1-4H3. The Bertz CT molecular complexity index is 101. The van der Waals surface area contributed by atoms with E-state index in [-0.39, 0.29) is 0 Å². The third-order valence-electron chi connectivity index (χ3n) is 2.12. The Hall–Kier alpha value is -0.260. The first-order valence-electron chi connectivity index (χ1n) is 4.25. The van der Waals surface area contributed by atoms with Crippen LogP contribution in [0.1, 0.15) is 40.5 Å². The second-order valence-corrected chi connectivity index (χ2v) is 3.53. The Kier molecular flexibility index (Phi) is 4.42. The molecule has 60 valence electrons. The quantitative estimate of drug-likeness (QED) is 0.523. The molecular formula is C10H20. The van der Waals surface area contributed by atoms with E-state index in [2.05, 4.69) is 34.3 Å². The van der Waals surface area contributed by atoms with E-state index >= 15 is 0 Å². The normalized spacial score (nSPS) is 13.7. The van der Waals surface area contributed by atoms with Crippen molar-refractivity contribution in [1.82, 2.24) is 0 Å². The van der Waals surface area contributed by atoms with Gasteiger partial charge in [0.15, 0.2) is 0 Å². The highest BCUT2D eigenvalue weighted by Crippen LogP contribution is 2.18. The number of hydrogen-bond donors (Lipinski definition) is 0. The zero-order valence-electron chi connectivity index (χ0n) is 7.78.